The van der Waals surface area contributed by atoms with Gasteiger partial charge in [-0.1, -0.05) is 44.9 Å². The van der Waals surface area contributed by atoms with Crippen LogP contribution >= 0.6 is 0 Å². The first-order valence-corrected chi connectivity index (χ1v) is 10.7. The van der Waals surface area contributed by atoms with Crippen molar-refractivity contribution in [2.24, 2.45) is 0 Å². The summed E-state index contributed by atoms with van der Waals surface area (Å²) in [4.78, 5) is 15.3. The van der Waals surface area contributed by atoms with Crippen molar-refractivity contribution >= 4 is 11.9 Å². The van der Waals surface area contributed by atoms with Gasteiger partial charge in [-0.25, -0.2) is 0 Å². The van der Waals surface area contributed by atoms with Gasteiger partial charge >= 0.3 is 0 Å². The third kappa shape index (κ3) is 4.85. The minimum absolute atomic E-state index is 0.165. The van der Waals surface area contributed by atoms with Gasteiger partial charge in [-0.15, -0.1) is 0 Å². The van der Waals surface area contributed by atoms with Crippen LogP contribution in [0.4, 0.5) is 0 Å². The molecule has 0 amide bonds. The van der Waals surface area contributed by atoms with E-state index in [1.807, 2.05) is 24.3 Å². The molecular formula is C25H31NO4. The highest BCUT2D eigenvalue weighted by Gasteiger charge is 2.31. The number of unbranched alkanes of at least 4 members (excludes halogenated alkanes) is 2. The molecule has 160 valence electrons. The van der Waals surface area contributed by atoms with Gasteiger partial charge < -0.3 is 14.6 Å². The molecule has 3 rings (SSSR count). The quantitative estimate of drug-likeness (QED) is 0.531. The van der Waals surface area contributed by atoms with E-state index in [-0.39, 0.29) is 17.3 Å². The van der Waals surface area contributed by atoms with E-state index in [1.165, 1.54) is 0 Å². The average Bonchev–Trinajstić information content (AvgIpc) is 3.07. The molecule has 0 atom stereocenters. The molecule has 2 aromatic carbocycles. The van der Waals surface area contributed by atoms with Crippen molar-refractivity contribution in [2.45, 2.75) is 46.1 Å². The first-order valence-electron chi connectivity index (χ1n) is 10.7. The lowest BCUT2D eigenvalue weighted by molar-refractivity contribution is 0.101. The van der Waals surface area contributed by atoms with Gasteiger partial charge in [0, 0.05) is 12.1 Å². The molecule has 0 radical (unpaired) electrons. The van der Waals surface area contributed by atoms with E-state index in [2.05, 4.69) is 18.7 Å². The van der Waals surface area contributed by atoms with Gasteiger partial charge in [-0.05, 0) is 50.2 Å². The third-order valence-electron chi connectivity index (χ3n) is 5.38. The van der Waals surface area contributed by atoms with Crippen LogP contribution in [0.2, 0.25) is 0 Å². The van der Waals surface area contributed by atoms with Crippen molar-refractivity contribution in [3.8, 4) is 17.2 Å². The summed E-state index contributed by atoms with van der Waals surface area (Å²) in [5.74, 6) is 1.38. The second kappa shape index (κ2) is 10.3. The lowest BCUT2D eigenvalue weighted by Gasteiger charge is -2.23. The third-order valence-corrected chi connectivity index (χ3v) is 5.38. The van der Waals surface area contributed by atoms with E-state index in [0.717, 1.165) is 44.3 Å². The first kappa shape index (κ1) is 21.9. The monoisotopic (exact) mass is 409 g/mol. The number of ketones is 1. The lowest BCUT2D eigenvalue weighted by Crippen LogP contribution is -2.25. The Balaban J connectivity index is 1.91. The van der Waals surface area contributed by atoms with Crippen molar-refractivity contribution in [3.05, 3.63) is 58.8 Å². The molecule has 5 nitrogen and oxygen atoms in total. The number of Topliss-reactive ketones (excluding diaryl/α,β-unsaturated/α-hetero) is 1. The van der Waals surface area contributed by atoms with Crippen LogP contribution in [0.1, 0.15) is 61.0 Å². The van der Waals surface area contributed by atoms with Crippen LogP contribution in [0.3, 0.4) is 0 Å². The maximum Gasteiger partial charge on any atom is 0.231 e. The van der Waals surface area contributed by atoms with Crippen LogP contribution < -0.4 is 9.47 Å². The summed E-state index contributed by atoms with van der Waals surface area (Å²) in [6.07, 6.45) is 6.12. The smallest absolute Gasteiger partial charge is 0.231 e. The van der Waals surface area contributed by atoms with Gasteiger partial charge in [-0.2, -0.15) is 0 Å². The molecule has 0 aliphatic carbocycles. The van der Waals surface area contributed by atoms with Gasteiger partial charge in [0.25, 0.3) is 0 Å². The van der Waals surface area contributed by atoms with Crippen LogP contribution in [0.25, 0.3) is 6.08 Å². The Morgan fingerprint density at radius 3 is 2.43 bits per heavy atom. The van der Waals surface area contributed by atoms with E-state index < -0.39 is 0 Å². The Labute approximate surface area is 178 Å². The highest BCUT2D eigenvalue weighted by atomic mass is 16.5. The maximum absolute atomic E-state index is 13.0. The first-order chi connectivity index (χ1) is 14.6. The number of carbonyl (C=O) groups is 1. The Morgan fingerprint density at radius 2 is 1.77 bits per heavy atom. The SMILES string of the molecule is CCCCN(CCCC)Cc1c(O)ccc2c1O/C(=C/c1ccccc1OC)C2=O. The molecule has 1 heterocycles. The van der Waals surface area contributed by atoms with Crippen molar-refractivity contribution in [3.63, 3.8) is 0 Å². The van der Waals surface area contributed by atoms with Crippen LogP contribution in [0, 0.1) is 0 Å². The van der Waals surface area contributed by atoms with E-state index in [0.29, 0.717) is 29.2 Å². The number of benzene rings is 2. The molecule has 2 aromatic rings. The van der Waals surface area contributed by atoms with Gasteiger partial charge in [0.2, 0.25) is 5.78 Å². The molecule has 1 N–H and O–H groups in total. The Bertz CT molecular complexity index is 911. The minimum atomic E-state index is -0.175. The molecule has 0 saturated heterocycles. The number of aromatic hydroxyl groups is 1. The van der Waals surface area contributed by atoms with Crippen LogP contribution in [0.15, 0.2) is 42.2 Å². The molecule has 1 aliphatic heterocycles. The standard InChI is InChI=1S/C25H31NO4/c1-4-6-14-26(15-7-5-2)17-20-21(27)13-12-19-24(28)23(30-25(19)20)16-18-10-8-9-11-22(18)29-3/h8-13,16,27H,4-7,14-15,17H2,1-3H3/b23-16+. The molecule has 0 saturated carbocycles. The summed E-state index contributed by atoms with van der Waals surface area (Å²) in [6.45, 7) is 6.82. The summed E-state index contributed by atoms with van der Waals surface area (Å²) in [5.41, 5.74) is 1.95. The zero-order chi connectivity index (χ0) is 21.5. The number of allylic oxidation sites excluding steroid dienone is 1. The predicted molar refractivity (Wildman–Crippen MR) is 119 cm³/mol. The Morgan fingerprint density at radius 1 is 1.07 bits per heavy atom. The van der Waals surface area contributed by atoms with E-state index >= 15 is 0 Å². The minimum Gasteiger partial charge on any atom is -0.507 e. The van der Waals surface area contributed by atoms with Crippen molar-refractivity contribution in [1.29, 1.82) is 0 Å². The fourth-order valence-corrected chi connectivity index (χ4v) is 3.63. The molecule has 30 heavy (non-hydrogen) atoms. The molecule has 0 spiro atoms. The summed E-state index contributed by atoms with van der Waals surface area (Å²) in [5, 5.41) is 10.6. The molecule has 1 aliphatic rings. The van der Waals surface area contributed by atoms with E-state index in [9.17, 15) is 9.90 Å². The maximum atomic E-state index is 13.0. The van der Waals surface area contributed by atoms with Crippen molar-refractivity contribution in [1.82, 2.24) is 4.90 Å². The number of phenols is 1. The summed E-state index contributed by atoms with van der Waals surface area (Å²) in [7, 11) is 1.60. The number of phenolic OH excluding ortho intramolecular Hbond substituents is 1. The van der Waals surface area contributed by atoms with Gasteiger partial charge in [0.1, 0.15) is 17.2 Å². The summed E-state index contributed by atoms with van der Waals surface area (Å²) >= 11 is 0. The number of nitrogens with zero attached hydrogens (tertiary/aromatic N) is 1. The van der Waals surface area contributed by atoms with Crippen molar-refractivity contribution < 1.29 is 19.4 Å². The number of methoxy groups -OCH3 is 1. The number of carbonyl (C=O) groups excluding carboxylic acids is 1. The molecule has 0 aromatic heterocycles. The molecular weight excluding hydrogens is 378 g/mol. The summed E-state index contributed by atoms with van der Waals surface area (Å²) in [6, 6.07) is 10.7. The number of hydrogen-bond donors (Lipinski definition) is 1. The Hall–Kier alpha value is -2.79. The number of rotatable bonds is 10. The van der Waals surface area contributed by atoms with Gasteiger partial charge in [-0.3, -0.25) is 9.69 Å². The van der Waals surface area contributed by atoms with Gasteiger partial charge in [0.05, 0.1) is 18.2 Å². The average molecular weight is 410 g/mol. The molecule has 0 fully saturated rings. The van der Waals surface area contributed by atoms with E-state index in [1.54, 1.807) is 25.3 Å². The van der Waals surface area contributed by atoms with Crippen LogP contribution in [-0.2, 0) is 6.54 Å². The Kier molecular flexibility index (Phi) is 7.52. The van der Waals surface area contributed by atoms with Crippen molar-refractivity contribution in [2.75, 3.05) is 20.2 Å². The molecule has 0 bridgehead atoms. The molecule has 5 heteroatoms. The number of para-hydroxylation sites is 1. The fourth-order valence-electron chi connectivity index (χ4n) is 3.63. The number of hydrogen-bond acceptors (Lipinski definition) is 5. The zero-order valence-electron chi connectivity index (χ0n) is 18.1. The normalized spacial score (nSPS) is 14.3. The van der Waals surface area contributed by atoms with Crippen LogP contribution in [0.5, 0.6) is 17.2 Å². The fraction of sp³-hybridized carbons (Fsp3) is 0.400. The largest absolute Gasteiger partial charge is 0.507 e. The number of fused-ring (bicyclic) bond motifs is 1. The second-order valence-electron chi connectivity index (χ2n) is 7.60. The second-order valence-corrected chi connectivity index (χ2v) is 7.60. The summed E-state index contributed by atoms with van der Waals surface area (Å²) < 4.78 is 11.4. The zero-order valence-corrected chi connectivity index (χ0v) is 18.1. The van der Waals surface area contributed by atoms with Crippen LogP contribution in [-0.4, -0.2) is 36.0 Å². The number of ether oxygens (including phenoxy) is 2. The van der Waals surface area contributed by atoms with E-state index in [4.69, 9.17) is 9.47 Å². The topological polar surface area (TPSA) is 59.0 Å². The van der Waals surface area contributed by atoms with Gasteiger partial charge in [0.15, 0.2) is 5.76 Å². The predicted octanol–water partition coefficient (Wildman–Crippen LogP) is 5.42. The highest BCUT2D eigenvalue weighted by Crippen LogP contribution is 2.40. The highest BCUT2D eigenvalue weighted by molar-refractivity contribution is 6.15. The molecule has 0 unspecified atom stereocenters. The lowest BCUT2D eigenvalue weighted by atomic mass is 10.0.